The van der Waals surface area contributed by atoms with Crippen LogP contribution in [0.4, 0.5) is 10.5 Å². The lowest BCUT2D eigenvalue weighted by atomic mass is 9.99. The first-order valence-corrected chi connectivity index (χ1v) is 12.2. The molecule has 1 aromatic rings. The molecular formula is C22H33N3O3S. The number of anilines is 1. The zero-order valence-electron chi connectivity index (χ0n) is 18.0. The van der Waals surface area contributed by atoms with E-state index in [1.54, 1.807) is 6.08 Å². The summed E-state index contributed by atoms with van der Waals surface area (Å²) in [7, 11) is -3.88. The van der Waals surface area contributed by atoms with Crippen molar-refractivity contribution in [2.24, 2.45) is 0 Å². The fraction of sp³-hybridized carbons (Fsp3) is 0.591. The van der Waals surface area contributed by atoms with Gasteiger partial charge in [-0.25, -0.2) is 17.9 Å². The number of carbonyl (C=O) groups excluding carboxylic acids is 1. The molecule has 0 saturated heterocycles. The van der Waals surface area contributed by atoms with E-state index in [2.05, 4.69) is 21.0 Å². The molecule has 6 nitrogen and oxygen atoms in total. The van der Waals surface area contributed by atoms with Gasteiger partial charge in [-0.05, 0) is 87.7 Å². The van der Waals surface area contributed by atoms with E-state index in [1.165, 1.54) is 22.3 Å². The van der Waals surface area contributed by atoms with E-state index in [0.717, 1.165) is 62.7 Å². The largest absolute Gasteiger partial charge is 0.333 e. The van der Waals surface area contributed by atoms with Crippen LogP contribution < -0.4 is 10.0 Å². The van der Waals surface area contributed by atoms with Gasteiger partial charge in [0.05, 0.1) is 0 Å². The Labute approximate surface area is 174 Å². The molecule has 0 unspecified atom stereocenters. The Bertz CT molecular complexity index is 883. The highest BCUT2D eigenvalue weighted by atomic mass is 32.2. The van der Waals surface area contributed by atoms with E-state index in [0.29, 0.717) is 0 Å². The first-order chi connectivity index (χ1) is 13.7. The molecule has 1 aromatic carbocycles. The molecule has 29 heavy (non-hydrogen) atoms. The van der Waals surface area contributed by atoms with Gasteiger partial charge in [0.1, 0.15) is 0 Å². The van der Waals surface area contributed by atoms with Crippen molar-refractivity contribution in [1.29, 1.82) is 0 Å². The molecular weight excluding hydrogens is 386 g/mol. The van der Waals surface area contributed by atoms with Gasteiger partial charge in [0, 0.05) is 16.6 Å². The summed E-state index contributed by atoms with van der Waals surface area (Å²) in [4.78, 5) is 14.7. The molecule has 0 aliphatic heterocycles. The summed E-state index contributed by atoms with van der Waals surface area (Å²) in [6.45, 7) is 9.62. The quantitative estimate of drug-likeness (QED) is 0.706. The van der Waals surface area contributed by atoms with Crippen molar-refractivity contribution in [1.82, 2.24) is 9.62 Å². The topological polar surface area (TPSA) is 78.5 Å². The average Bonchev–Trinajstić information content (AvgIpc) is 3.29. The minimum absolute atomic E-state index is 0.421. The summed E-state index contributed by atoms with van der Waals surface area (Å²) in [6, 6.07) is 1.59. The first kappa shape index (κ1) is 21.8. The van der Waals surface area contributed by atoms with E-state index in [9.17, 15) is 13.2 Å². The van der Waals surface area contributed by atoms with Crippen molar-refractivity contribution < 1.29 is 13.2 Å². The maximum absolute atomic E-state index is 12.6. The molecule has 0 atom stereocenters. The van der Waals surface area contributed by atoms with Gasteiger partial charge in [0.25, 0.3) is 10.0 Å². The minimum atomic E-state index is -3.88. The van der Waals surface area contributed by atoms with Gasteiger partial charge in [-0.2, -0.15) is 0 Å². The number of hydrogen-bond donors (Lipinski definition) is 2. The maximum atomic E-state index is 12.6. The van der Waals surface area contributed by atoms with Crippen LogP contribution in [0, 0.1) is 0 Å². The van der Waals surface area contributed by atoms with Crippen molar-refractivity contribution in [2.45, 2.75) is 71.8 Å². The van der Waals surface area contributed by atoms with Crippen molar-refractivity contribution in [3.8, 4) is 0 Å². The highest BCUT2D eigenvalue weighted by Gasteiger charge is 2.26. The zero-order chi connectivity index (χ0) is 21.2. The minimum Gasteiger partial charge on any atom is -0.307 e. The first-order valence-electron chi connectivity index (χ1n) is 10.6. The van der Waals surface area contributed by atoms with Crippen molar-refractivity contribution >= 4 is 21.7 Å². The number of nitrogens with one attached hydrogen (secondary N) is 2. The lowest BCUT2D eigenvalue weighted by Crippen LogP contribution is -2.42. The smallest absolute Gasteiger partial charge is 0.307 e. The standard InChI is InChI=1S/C22H33N3O3S/c1-5-25(6-2)22(3,4)13-14-29(27,28)24-21(26)23-20-18-11-7-9-16(18)15-17-10-8-12-19(17)20/h13-15H,5-12H2,1-4H3,(H2,23,24,26)/b14-13+. The fourth-order valence-corrected chi connectivity index (χ4v) is 5.56. The highest BCUT2D eigenvalue weighted by molar-refractivity contribution is 7.92. The van der Waals surface area contributed by atoms with E-state index < -0.39 is 21.6 Å². The fourth-order valence-electron chi connectivity index (χ4n) is 4.67. The Morgan fingerprint density at radius 3 is 2.14 bits per heavy atom. The number of amides is 2. The molecule has 2 N–H and O–H groups in total. The molecule has 0 radical (unpaired) electrons. The molecule has 2 aliphatic rings. The molecule has 3 rings (SSSR count). The van der Waals surface area contributed by atoms with Crippen LogP contribution in [0.2, 0.25) is 0 Å². The number of rotatable bonds is 7. The van der Waals surface area contributed by atoms with Gasteiger partial charge in [0.15, 0.2) is 0 Å². The molecule has 0 saturated carbocycles. The zero-order valence-corrected chi connectivity index (χ0v) is 18.8. The number of likely N-dealkylation sites (N-methyl/N-ethyl adjacent to an activating group) is 1. The van der Waals surface area contributed by atoms with Crippen LogP contribution in [-0.2, 0) is 35.7 Å². The Kier molecular flexibility index (Phi) is 6.39. The maximum Gasteiger partial charge on any atom is 0.333 e. The molecule has 0 aromatic heterocycles. The van der Waals surface area contributed by atoms with Gasteiger partial charge in [-0.3, -0.25) is 4.90 Å². The summed E-state index contributed by atoms with van der Waals surface area (Å²) in [6.07, 6.45) is 7.71. The van der Waals surface area contributed by atoms with Crippen LogP contribution in [-0.4, -0.2) is 38.0 Å². The van der Waals surface area contributed by atoms with Crippen LogP contribution in [0.5, 0.6) is 0 Å². The van der Waals surface area contributed by atoms with Gasteiger partial charge >= 0.3 is 6.03 Å². The third-order valence-corrected chi connectivity index (χ3v) is 7.14. The number of aryl methyl sites for hydroxylation is 2. The molecule has 0 spiro atoms. The third kappa shape index (κ3) is 4.83. The van der Waals surface area contributed by atoms with Crippen LogP contribution in [0.25, 0.3) is 0 Å². The molecule has 7 heteroatoms. The SMILES string of the molecule is CCN(CC)C(C)(C)/C=C/S(=O)(=O)NC(=O)Nc1c2c(cc3c1CCC3)CCC2. The number of carbonyl (C=O) groups is 1. The normalized spacial score (nSPS) is 16.3. The lowest BCUT2D eigenvalue weighted by molar-refractivity contribution is 0.180. The van der Waals surface area contributed by atoms with E-state index in [4.69, 9.17) is 0 Å². The number of benzene rings is 1. The number of hydrogen-bond acceptors (Lipinski definition) is 4. The van der Waals surface area contributed by atoms with Gasteiger partial charge < -0.3 is 5.32 Å². The van der Waals surface area contributed by atoms with Crippen LogP contribution in [0.3, 0.4) is 0 Å². The van der Waals surface area contributed by atoms with Gasteiger partial charge in [-0.1, -0.05) is 26.0 Å². The second kappa shape index (κ2) is 8.48. The Morgan fingerprint density at radius 1 is 1.07 bits per heavy atom. The van der Waals surface area contributed by atoms with Gasteiger partial charge in [-0.15, -0.1) is 0 Å². The summed E-state index contributed by atoms with van der Waals surface area (Å²) in [5.41, 5.74) is 5.37. The second-order valence-corrected chi connectivity index (χ2v) is 10.0. The Morgan fingerprint density at radius 2 is 1.62 bits per heavy atom. The number of urea groups is 1. The van der Waals surface area contributed by atoms with E-state index in [1.807, 2.05) is 27.7 Å². The predicted octanol–water partition coefficient (Wildman–Crippen LogP) is 3.75. The second-order valence-electron chi connectivity index (χ2n) is 8.46. The number of sulfonamides is 1. The molecule has 0 bridgehead atoms. The molecule has 2 aliphatic carbocycles. The summed E-state index contributed by atoms with van der Waals surface area (Å²) in [5, 5.41) is 3.97. The Hall–Kier alpha value is -1.86. The summed E-state index contributed by atoms with van der Waals surface area (Å²) in [5.74, 6) is 0. The van der Waals surface area contributed by atoms with Gasteiger partial charge in [0.2, 0.25) is 0 Å². The van der Waals surface area contributed by atoms with Crippen molar-refractivity contribution in [3.63, 3.8) is 0 Å². The molecule has 160 valence electrons. The third-order valence-electron chi connectivity index (χ3n) is 6.18. The van der Waals surface area contributed by atoms with E-state index >= 15 is 0 Å². The Balaban J connectivity index is 1.74. The van der Waals surface area contributed by atoms with Crippen molar-refractivity contribution in [2.75, 3.05) is 18.4 Å². The van der Waals surface area contributed by atoms with Crippen LogP contribution in [0.1, 0.15) is 62.8 Å². The predicted molar refractivity (Wildman–Crippen MR) is 118 cm³/mol. The van der Waals surface area contributed by atoms with Crippen LogP contribution >= 0.6 is 0 Å². The van der Waals surface area contributed by atoms with Crippen molar-refractivity contribution in [3.05, 3.63) is 39.8 Å². The number of fused-ring (bicyclic) bond motifs is 2. The average molecular weight is 420 g/mol. The molecule has 0 fully saturated rings. The monoisotopic (exact) mass is 419 g/mol. The summed E-state index contributed by atoms with van der Waals surface area (Å²) < 4.78 is 27.1. The lowest BCUT2D eigenvalue weighted by Gasteiger charge is -2.34. The highest BCUT2D eigenvalue weighted by Crippen LogP contribution is 2.38. The molecule has 0 heterocycles. The van der Waals surface area contributed by atoms with Crippen LogP contribution in [0.15, 0.2) is 17.6 Å². The molecule has 2 amide bonds. The number of nitrogens with zero attached hydrogens (tertiary/aromatic N) is 1. The van der Waals surface area contributed by atoms with E-state index in [-0.39, 0.29) is 0 Å². The summed E-state index contributed by atoms with van der Waals surface area (Å²) >= 11 is 0.